The Bertz CT molecular complexity index is 1300. The fourth-order valence-electron chi connectivity index (χ4n) is 3.31. The lowest BCUT2D eigenvalue weighted by molar-refractivity contribution is -0.384. The van der Waals surface area contributed by atoms with E-state index < -0.39 is 23.4 Å². The van der Waals surface area contributed by atoms with Crippen molar-refractivity contribution in [2.45, 2.75) is 0 Å². The Morgan fingerprint density at radius 1 is 0.844 bits per heavy atom. The molecule has 4 rings (SSSR count). The second-order valence-corrected chi connectivity index (χ2v) is 6.89. The van der Waals surface area contributed by atoms with Gasteiger partial charge in [0, 0.05) is 40.1 Å². The topological polar surface area (TPSA) is 133 Å². The fourth-order valence-corrected chi connectivity index (χ4v) is 3.31. The highest BCUT2D eigenvalue weighted by Gasteiger charge is 2.29. The van der Waals surface area contributed by atoms with Crippen LogP contribution in [0.1, 0.15) is 42.2 Å². The van der Waals surface area contributed by atoms with Crippen LogP contribution in [0, 0.1) is 10.1 Å². The van der Waals surface area contributed by atoms with E-state index in [0.29, 0.717) is 11.1 Å². The molecule has 0 atom stereocenters. The number of rotatable bonds is 5. The molecule has 158 valence electrons. The molecule has 0 bridgehead atoms. The molecule has 0 saturated heterocycles. The number of carbonyl (C=O) groups excluding carboxylic acids is 4. The van der Waals surface area contributed by atoms with Gasteiger partial charge in [-0.2, -0.15) is 0 Å². The number of amides is 1. The molecule has 1 aliphatic carbocycles. The Kier molecular flexibility index (Phi) is 5.30. The van der Waals surface area contributed by atoms with E-state index in [2.05, 4.69) is 5.32 Å². The molecule has 9 nitrogen and oxygen atoms in total. The van der Waals surface area contributed by atoms with E-state index in [-0.39, 0.29) is 39.6 Å². The Balaban J connectivity index is 1.42. The molecule has 3 aromatic carbocycles. The predicted molar refractivity (Wildman–Crippen MR) is 112 cm³/mol. The monoisotopic (exact) mass is 430 g/mol. The summed E-state index contributed by atoms with van der Waals surface area (Å²) in [7, 11) is 0. The summed E-state index contributed by atoms with van der Waals surface area (Å²) >= 11 is 0. The number of anilines is 1. The summed E-state index contributed by atoms with van der Waals surface area (Å²) in [5, 5.41) is 13.2. The number of hydrogen-bond donors (Lipinski definition) is 1. The molecular weight excluding hydrogens is 416 g/mol. The van der Waals surface area contributed by atoms with Gasteiger partial charge in [-0.05, 0) is 30.3 Å². The predicted octanol–water partition coefficient (Wildman–Crippen LogP) is 3.17. The van der Waals surface area contributed by atoms with E-state index in [1.165, 1.54) is 30.3 Å². The lowest BCUT2D eigenvalue weighted by Gasteiger charge is -2.18. The van der Waals surface area contributed by atoms with E-state index in [4.69, 9.17) is 4.74 Å². The maximum Gasteiger partial charge on any atom is 0.338 e. The fraction of sp³-hybridized carbons (Fsp3) is 0.0435. The number of hydrogen-bond acceptors (Lipinski definition) is 7. The van der Waals surface area contributed by atoms with Gasteiger partial charge in [0.2, 0.25) is 0 Å². The molecule has 0 saturated carbocycles. The Hall–Kier alpha value is -4.66. The summed E-state index contributed by atoms with van der Waals surface area (Å²) < 4.78 is 4.92. The molecule has 0 unspecified atom stereocenters. The van der Waals surface area contributed by atoms with E-state index in [9.17, 15) is 29.3 Å². The first kappa shape index (κ1) is 20.6. The highest BCUT2D eigenvalue weighted by atomic mass is 16.6. The second-order valence-electron chi connectivity index (χ2n) is 6.89. The van der Waals surface area contributed by atoms with Crippen LogP contribution in [0.15, 0.2) is 66.7 Å². The third kappa shape index (κ3) is 3.86. The van der Waals surface area contributed by atoms with Gasteiger partial charge in [0.1, 0.15) is 0 Å². The number of non-ortho nitro benzene ring substituents is 1. The number of nitrogens with zero attached hydrogens (tertiary/aromatic N) is 1. The lowest BCUT2D eigenvalue weighted by atomic mass is 9.84. The molecule has 0 spiro atoms. The smallest absolute Gasteiger partial charge is 0.338 e. The molecule has 0 aliphatic heterocycles. The number of nitro benzene ring substituents is 1. The quantitative estimate of drug-likeness (QED) is 0.292. The third-order valence-electron chi connectivity index (χ3n) is 4.86. The van der Waals surface area contributed by atoms with Crippen molar-refractivity contribution in [2.24, 2.45) is 0 Å². The zero-order chi connectivity index (χ0) is 22.8. The van der Waals surface area contributed by atoms with Crippen molar-refractivity contribution in [3.05, 3.63) is 105 Å². The number of fused-ring (bicyclic) bond motifs is 2. The van der Waals surface area contributed by atoms with Gasteiger partial charge in [-0.3, -0.25) is 24.5 Å². The van der Waals surface area contributed by atoms with Crippen molar-refractivity contribution in [1.82, 2.24) is 0 Å². The number of ether oxygens (including phenoxy) is 1. The van der Waals surface area contributed by atoms with Gasteiger partial charge in [-0.1, -0.05) is 24.3 Å². The van der Waals surface area contributed by atoms with Gasteiger partial charge in [0.05, 0.1) is 10.5 Å². The van der Waals surface area contributed by atoms with Gasteiger partial charge >= 0.3 is 5.97 Å². The molecule has 32 heavy (non-hydrogen) atoms. The van der Waals surface area contributed by atoms with Crippen LogP contribution in [0.4, 0.5) is 11.4 Å². The average molecular weight is 430 g/mol. The standard InChI is InChI=1S/C23H14N2O7/c26-20(12-32-23(29)13-5-8-15(9-6-13)25(30)31)24-14-7-10-18-19(11-14)22(28)17-4-2-1-3-16(17)21(18)27/h1-11H,12H2,(H,24,26). The van der Waals surface area contributed by atoms with Gasteiger partial charge in [0.25, 0.3) is 11.6 Å². The van der Waals surface area contributed by atoms with Crippen LogP contribution < -0.4 is 5.32 Å². The number of nitrogens with one attached hydrogen (secondary N) is 1. The van der Waals surface area contributed by atoms with Crippen LogP contribution in [0.2, 0.25) is 0 Å². The van der Waals surface area contributed by atoms with Crippen LogP contribution in [0.25, 0.3) is 0 Å². The summed E-state index contributed by atoms with van der Waals surface area (Å²) in [6.45, 7) is -0.609. The van der Waals surface area contributed by atoms with E-state index in [0.717, 1.165) is 12.1 Å². The van der Waals surface area contributed by atoms with Crippen molar-refractivity contribution in [3.8, 4) is 0 Å². The third-order valence-corrected chi connectivity index (χ3v) is 4.86. The second kappa shape index (κ2) is 8.23. The van der Waals surface area contributed by atoms with Crippen LogP contribution in [0.5, 0.6) is 0 Å². The lowest BCUT2D eigenvalue weighted by Crippen LogP contribution is -2.23. The van der Waals surface area contributed by atoms with E-state index >= 15 is 0 Å². The first-order valence-electron chi connectivity index (χ1n) is 9.39. The van der Waals surface area contributed by atoms with Gasteiger partial charge < -0.3 is 10.1 Å². The molecule has 9 heteroatoms. The highest BCUT2D eigenvalue weighted by molar-refractivity contribution is 6.28. The molecule has 0 heterocycles. The molecule has 1 N–H and O–H groups in total. The Morgan fingerprint density at radius 2 is 1.44 bits per heavy atom. The normalized spacial score (nSPS) is 11.9. The van der Waals surface area contributed by atoms with Gasteiger partial charge in [-0.25, -0.2) is 4.79 Å². The number of benzene rings is 3. The molecule has 3 aromatic rings. The summed E-state index contributed by atoms with van der Waals surface area (Å²) in [6.07, 6.45) is 0. The van der Waals surface area contributed by atoms with E-state index in [1.807, 2.05) is 0 Å². The average Bonchev–Trinajstić information content (AvgIpc) is 2.81. The van der Waals surface area contributed by atoms with Crippen LogP contribution in [-0.2, 0) is 9.53 Å². The van der Waals surface area contributed by atoms with Crippen molar-refractivity contribution >= 4 is 34.8 Å². The first-order chi connectivity index (χ1) is 15.3. The van der Waals surface area contributed by atoms with Crippen molar-refractivity contribution in [3.63, 3.8) is 0 Å². The molecule has 0 aromatic heterocycles. The summed E-state index contributed by atoms with van der Waals surface area (Å²) in [5.74, 6) is -2.07. The number of nitro groups is 1. The summed E-state index contributed by atoms with van der Waals surface area (Å²) in [6, 6.07) is 15.6. The number of ketones is 2. The highest BCUT2D eigenvalue weighted by Crippen LogP contribution is 2.29. The van der Waals surface area contributed by atoms with Crippen molar-refractivity contribution in [2.75, 3.05) is 11.9 Å². The van der Waals surface area contributed by atoms with Crippen LogP contribution in [0.3, 0.4) is 0 Å². The van der Waals surface area contributed by atoms with Crippen molar-refractivity contribution < 1.29 is 28.8 Å². The number of esters is 1. The Morgan fingerprint density at radius 3 is 2.06 bits per heavy atom. The zero-order valence-corrected chi connectivity index (χ0v) is 16.4. The first-order valence-corrected chi connectivity index (χ1v) is 9.39. The van der Waals surface area contributed by atoms with Gasteiger partial charge in [0.15, 0.2) is 18.2 Å². The van der Waals surface area contributed by atoms with Crippen LogP contribution in [-0.4, -0.2) is 35.0 Å². The maximum absolute atomic E-state index is 12.8. The summed E-state index contributed by atoms with van der Waals surface area (Å²) in [5.41, 5.74) is 1.19. The molecule has 0 fully saturated rings. The maximum atomic E-state index is 12.8. The van der Waals surface area contributed by atoms with Crippen LogP contribution >= 0.6 is 0 Å². The van der Waals surface area contributed by atoms with E-state index in [1.54, 1.807) is 24.3 Å². The minimum Gasteiger partial charge on any atom is -0.452 e. The number of carbonyl (C=O) groups is 4. The zero-order valence-electron chi connectivity index (χ0n) is 16.4. The van der Waals surface area contributed by atoms with Gasteiger partial charge in [-0.15, -0.1) is 0 Å². The minimum absolute atomic E-state index is 0.0555. The SMILES string of the molecule is O=C(COC(=O)c1ccc([N+](=O)[O-])cc1)Nc1ccc2c(c1)C(=O)c1ccccc1C2=O. The molecule has 1 amide bonds. The Labute approximate surface area is 180 Å². The van der Waals surface area contributed by atoms with Crippen molar-refractivity contribution in [1.29, 1.82) is 0 Å². The largest absolute Gasteiger partial charge is 0.452 e. The minimum atomic E-state index is -0.821. The molecule has 1 aliphatic rings. The molecule has 0 radical (unpaired) electrons. The molecular formula is C23H14N2O7. The summed E-state index contributed by atoms with van der Waals surface area (Å²) in [4.78, 5) is 59.6.